The van der Waals surface area contributed by atoms with Crippen LogP contribution in [0.3, 0.4) is 0 Å². The molecule has 0 radical (unpaired) electrons. The molecule has 0 aromatic rings. The summed E-state index contributed by atoms with van der Waals surface area (Å²) in [5, 5.41) is 20.8. The van der Waals surface area contributed by atoms with Crippen molar-refractivity contribution in [2.45, 2.75) is 93.3 Å². The number of ether oxygens (including phenoxy) is 2. The molecule has 1 aliphatic heterocycles. The lowest BCUT2D eigenvalue weighted by Crippen LogP contribution is -2.34. The van der Waals surface area contributed by atoms with Gasteiger partial charge in [-0.2, -0.15) is 0 Å². The Morgan fingerprint density at radius 2 is 2.10 bits per heavy atom. The first-order valence-corrected chi connectivity index (χ1v) is 12.1. The topological polar surface area (TPSA) is 76.0 Å². The zero-order valence-corrected chi connectivity index (χ0v) is 19.8. The van der Waals surface area contributed by atoms with Gasteiger partial charge >= 0.3 is 5.97 Å². The van der Waals surface area contributed by atoms with E-state index in [1.165, 1.54) is 7.11 Å². The first-order chi connectivity index (χ1) is 13.8. The average Bonchev–Trinajstić information content (AvgIpc) is 3.18. The third kappa shape index (κ3) is 6.61. The van der Waals surface area contributed by atoms with Crippen LogP contribution in [0.15, 0.2) is 12.2 Å². The van der Waals surface area contributed by atoms with Crippen molar-refractivity contribution >= 4 is 28.6 Å². The Morgan fingerprint density at radius 3 is 2.76 bits per heavy atom. The zero-order valence-electron chi connectivity index (χ0n) is 17.7. The summed E-state index contributed by atoms with van der Waals surface area (Å²) in [6.07, 6.45) is 5.47. The lowest BCUT2D eigenvalue weighted by Gasteiger charge is -2.24. The standard InChI is InChI=1S/C22H36FIO5/c1-4-5-7-13(2)16(25)11-10-14-17(26)12-18-20(14)21(23)22(29-18)15(24)8-6-9-19(27)28-3/h10-11,13-18,20-22,25-26H,4-9,12H2,1-3H3/b11-10+/t13?,14-,15?,16-,17+,18+,20+,21?,22-/m0/s1. The molecule has 1 aliphatic carbocycles. The van der Waals surface area contributed by atoms with Crippen molar-refractivity contribution < 1.29 is 28.9 Å². The Hall–Kier alpha value is -0.250. The second kappa shape index (κ2) is 12.0. The molecule has 0 aromatic heterocycles. The van der Waals surface area contributed by atoms with Gasteiger partial charge in [0.25, 0.3) is 0 Å². The SMILES string of the molecule is CCCCC(C)[C@@H](O)/C=C/[C@@H]1[C@H]2C(F)[C@H](C(I)CCCC(=O)OC)O[C@@H]2C[C@H]1O. The van der Waals surface area contributed by atoms with Crippen LogP contribution in [-0.2, 0) is 14.3 Å². The minimum absolute atomic E-state index is 0.0423. The summed E-state index contributed by atoms with van der Waals surface area (Å²) >= 11 is 2.21. The maximum absolute atomic E-state index is 15.3. The number of aliphatic hydroxyl groups excluding tert-OH is 2. The molecule has 9 atom stereocenters. The largest absolute Gasteiger partial charge is 0.469 e. The van der Waals surface area contributed by atoms with Gasteiger partial charge in [0.1, 0.15) is 12.3 Å². The Balaban J connectivity index is 1.93. The van der Waals surface area contributed by atoms with Gasteiger partial charge in [-0.15, -0.1) is 0 Å². The number of carbonyl (C=O) groups excluding carboxylic acids is 1. The van der Waals surface area contributed by atoms with Gasteiger partial charge in [0.15, 0.2) is 0 Å². The second-order valence-electron chi connectivity index (χ2n) is 8.52. The molecule has 7 heteroatoms. The highest BCUT2D eigenvalue weighted by Crippen LogP contribution is 2.47. The molecule has 1 saturated heterocycles. The predicted molar refractivity (Wildman–Crippen MR) is 119 cm³/mol. The summed E-state index contributed by atoms with van der Waals surface area (Å²) in [5.74, 6) is -0.841. The molecule has 1 saturated carbocycles. The number of alkyl halides is 2. The van der Waals surface area contributed by atoms with E-state index in [1.54, 1.807) is 12.2 Å². The molecule has 0 bridgehead atoms. The van der Waals surface area contributed by atoms with Gasteiger partial charge in [0.2, 0.25) is 0 Å². The molecule has 3 unspecified atom stereocenters. The number of halogens is 2. The summed E-state index contributed by atoms with van der Waals surface area (Å²) < 4.78 is 25.9. The molecule has 2 fully saturated rings. The highest BCUT2D eigenvalue weighted by molar-refractivity contribution is 14.1. The van der Waals surface area contributed by atoms with Gasteiger partial charge in [-0.05, 0) is 25.2 Å². The lowest BCUT2D eigenvalue weighted by atomic mass is 9.86. The number of hydrogen-bond donors (Lipinski definition) is 2. The number of fused-ring (bicyclic) bond motifs is 1. The van der Waals surface area contributed by atoms with Gasteiger partial charge in [0, 0.05) is 28.6 Å². The van der Waals surface area contributed by atoms with E-state index < -0.39 is 24.5 Å². The van der Waals surface area contributed by atoms with Crippen molar-refractivity contribution in [3.8, 4) is 0 Å². The Kier molecular flexibility index (Phi) is 10.3. The number of unbranched alkanes of at least 4 members (excludes halogenated alkanes) is 1. The highest BCUT2D eigenvalue weighted by Gasteiger charge is 2.55. The fraction of sp³-hybridized carbons (Fsp3) is 0.864. The van der Waals surface area contributed by atoms with Crippen LogP contribution in [0.5, 0.6) is 0 Å². The first-order valence-electron chi connectivity index (χ1n) is 10.8. The summed E-state index contributed by atoms with van der Waals surface area (Å²) in [7, 11) is 1.36. The minimum Gasteiger partial charge on any atom is -0.469 e. The van der Waals surface area contributed by atoms with E-state index in [1.807, 2.05) is 6.92 Å². The number of carbonyl (C=O) groups is 1. The monoisotopic (exact) mass is 526 g/mol. The van der Waals surface area contributed by atoms with E-state index in [0.29, 0.717) is 25.7 Å². The van der Waals surface area contributed by atoms with E-state index in [4.69, 9.17) is 4.74 Å². The van der Waals surface area contributed by atoms with Crippen LogP contribution >= 0.6 is 22.6 Å². The number of hydrogen-bond acceptors (Lipinski definition) is 5. The van der Waals surface area contributed by atoms with Crippen molar-refractivity contribution in [3.05, 3.63) is 12.2 Å². The number of rotatable bonds is 11. The summed E-state index contributed by atoms with van der Waals surface area (Å²) in [6, 6.07) is 0. The molecular weight excluding hydrogens is 490 g/mol. The van der Waals surface area contributed by atoms with Gasteiger partial charge < -0.3 is 19.7 Å². The molecule has 1 heterocycles. The van der Waals surface area contributed by atoms with Crippen molar-refractivity contribution in [3.63, 3.8) is 0 Å². The summed E-state index contributed by atoms with van der Waals surface area (Å²) in [4.78, 5) is 11.3. The normalized spacial score (nSPS) is 34.9. The molecule has 5 nitrogen and oxygen atoms in total. The van der Waals surface area contributed by atoms with E-state index in [0.717, 1.165) is 19.3 Å². The van der Waals surface area contributed by atoms with Crippen LogP contribution in [0.1, 0.15) is 58.8 Å². The molecular formula is C22H36FIO5. The van der Waals surface area contributed by atoms with E-state index >= 15 is 4.39 Å². The highest BCUT2D eigenvalue weighted by atomic mass is 127. The van der Waals surface area contributed by atoms with E-state index in [-0.39, 0.29) is 33.8 Å². The minimum atomic E-state index is -1.17. The number of aliphatic hydroxyl groups is 2. The quantitative estimate of drug-likeness (QED) is 0.185. The Labute approximate surface area is 187 Å². The first kappa shape index (κ1) is 25.0. The smallest absolute Gasteiger partial charge is 0.305 e. The van der Waals surface area contributed by atoms with Crippen LogP contribution in [0.4, 0.5) is 4.39 Å². The van der Waals surface area contributed by atoms with Crippen LogP contribution in [0.2, 0.25) is 0 Å². The van der Waals surface area contributed by atoms with Crippen LogP contribution in [-0.4, -0.2) is 57.8 Å². The molecule has 2 aliphatic rings. The number of esters is 1. The van der Waals surface area contributed by atoms with Crippen LogP contribution in [0, 0.1) is 17.8 Å². The maximum atomic E-state index is 15.3. The predicted octanol–water partition coefficient (Wildman–Crippen LogP) is 3.98. The molecule has 168 valence electrons. The Morgan fingerprint density at radius 1 is 1.38 bits per heavy atom. The third-order valence-electron chi connectivity index (χ3n) is 6.38. The van der Waals surface area contributed by atoms with E-state index in [9.17, 15) is 15.0 Å². The van der Waals surface area contributed by atoms with Crippen molar-refractivity contribution in [1.29, 1.82) is 0 Å². The zero-order chi connectivity index (χ0) is 21.6. The van der Waals surface area contributed by atoms with Gasteiger partial charge in [-0.3, -0.25) is 4.79 Å². The van der Waals surface area contributed by atoms with Gasteiger partial charge in [0.05, 0.1) is 25.4 Å². The van der Waals surface area contributed by atoms with Crippen LogP contribution in [0.25, 0.3) is 0 Å². The van der Waals surface area contributed by atoms with Gasteiger partial charge in [-0.1, -0.05) is 61.4 Å². The fourth-order valence-electron chi connectivity index (χ4n) is 4.49. The van der Waals surface area contributed by atoms with Gasteiger partial charge in [-0.25, -0.2) is 4.39 Å². The van der Waals surface area contributed by atoms with Crippen molar-refractivity contribution in [2.24, 2.45) is 17.8 Å². The van der Waals surface area contributed by atoms with E-state index in [2.05, 4.69) is 34.3 Å². The van der Waals surface area contributed by atoms with Crippen LogP contribution < -0.4 is 0 Å². The fourth-order valence-corrected chi connectivity index (χ4v) is 5.50. The second-order valence-corrected chi connectivity index (χ2v) is 10.1. The molecule has 0 amide bonds. The summed E-state index contributed by atoms with van der Waals surface area (Å²) in [6.45, 7) is 4.14. The lowest BCUT2D eigenvalue weighted by molar-refractivity contribution is -0.140. The summed E-state index contributed by atoms with van der Waals surface area (Å²) in [5.41, 5.74) is 0. The molecule has 2 N–H and O–H groups in total. The molecule has 29 heavy (non-hydrogen) atoms. The maximum Gasteiger partial charge on any atom is 0.305 e. The van der Waals surface area contributed by atoms with Crippen molar-refractivity contribution in [2.75, 3.05) is 7.11 Å². The average molecular weight is 526 g/mol. The van der Waals surface area contributed by atoms with Crippen molar-refractivity contribution in [1.82, 2.24) is 0 Å². The Bertz CT molecular complexity index is 545. The molecule has 0 aromatic carbocycles. The molecule has 2 rings (SSSR count). The third-order valence-corrected chi connectivity index (χ3v) is 7.71. The number of methoxy groups -OCH3 is 1. The molecule has 0 spiro atoms.